The van der Waals surface area contributed by atoms with Crippen LogP contribution in [-0.2, 0) is 0 Å². The largest absolute Gasteiger partial charge is 0.315 e. The highest BCUT2D eigenvalue weighted by Crippen LogP contribution is 2.37. The van der Waals surface area contributed by atoms with Crippen LogP contribution in [0.5, 0.6) is 0 Å². The number of benzene rings is 6. The third kappa shape index (κ3) is 4.88. The van der Waals surface area contributed by atoms with E-state index in [1.165, 1.54) is 43.3 Å². The van der Waals surface area contributed by atoms with E-state index in [0.29, 0.717) is 0 Å². The molecule has 0 saturated carbocycles. The van der Waals surface area contributed by atoms with E-state index in [4.69, 9.17) is 0 Å². The van der Waals surface area contributed by atoms with Gasteiger partial charge >= 0.3 is 0 Å². The lowest BCUT2D eigenvalue weighted by Crippen LogP contribution is -2.75. The first kappa shape index (κ1) is 29.5. The molecule has 0 N–H and O–H groups in total. The van der Waals surface area contributed by atoms with Crippen molar-refractivity contribution < 1.29 is 0 Å². The number of hydrogen-bond donors (Lipinski definition) is 0. The van der Waals surface area contributed by atoms with Gasteiger partial charge in [-0.3, -0.25) is 0 Å². The van der Waals surface area contributed by atoms with Crippen molar-refractivity contribution in [1.82, 2.24) is 9.13 Å². The molecule has 8 rings (SSSR count). The molecule has 0 saturated heterocycles. The highest BCUT2D eigenvalue weighted by molar-refractivity contribution is 7.20. The molecule has 0 amide bonds. The predicted molar refractivity (Wildman–Crippen MR) is 204 cm³/mol. The number of aromatic nitrogens is 2. The van der Waals surface area contributed by atoms with Gasteiger partial charge in [-0.05, 0) is 75.2 Å². The minimum atomic E-state index is -2.98. The molecule has 0 bridgehead atoms. The van der Waals surface area contributed by atoms with Crippen molar-refractivity contribution in [2.45, 2.75) is 6.92 Å². The Labute approximate surface area is 283 Å². The van der Waals surface area contributed by atoms with E-state index >= 15 is 0 Å². The smallest absolute Gasteiger partial charge is 0.182 e. The molecule has 0 fully saturated rings. The van der Waals surface area contributed by atoms with Gasteiger partial charge in [-0.2, -0.15) is 0 Å². The molecule has 2 heterocycles. The van der Waals surface area contributed by atoms with Crippen LogP contribution in [0.1, 0.15) is 5.56 Å². The van der Waals surface area contributed by atoms with Gasteiger partial charge in [0.2, 0.25) is 0 Å². The van der Waals surface area contributed by atoms with E-state index in [1.807, 2.05) is 0 Å². The van der Waals surface area contributed by atoms with Crippen molar-refractivity contribution in [1.29, 1.82) is 0 Å². The first-order valence-electron chi connectivity index (χ1n) is 16.5. The summed E-state index contributed by atoms with van der Waals surface area (Å²) in [6, 6.07) is 70.8. The molecule has 6 aromatic carbocycles. The van der Waals surface area contributed by atoms with E-state index in [-0.39, 0.29) is 0 Å². The summed E-state index contributed by atoms with van der Waals surface area (Å²) in [6.45, 7) is 2.35. The minimum absolute atomic E-state index is 1.13. The fourth-order valence-corrected chi connectivity index (χ4v) is 12.8. The molecule has 0 aliphatic heterocycles. The van der Waals surface area contributed by atoms with E-state index in [1.54, 1.807) is 0 Å². The minimum Gasteiger partial charge on any atom is -0.315 e. The first-order chi connectivity index (χ1) is 23.8. The quantitative estimate of drug-likeness (QED) is 0.118. The Hall–Kier alpha value is -5.90. The van der Waals surface area contributed by atoms with Crippen LogP contribution in [0, 0.1) is 6.92 Å². The summed E-state index contributed by atoms with van der Waals surface area (Å²) in [6.07, 6.45) is 2.20. The van der Waals surface area contributed by atoms with Crippen LogP contribution in [0.2, 0.25) is 0 Å². The van der Waals surface area contributed by atoms with Crippen LogP contribution in [0.25, 0.3) is 34.0 Å². The van der Waals surface area contributed by atoms with Gasteiger partial charge in [0.15, 0.2) is 8.07 Å². The highest BCUT2D eigenvalue weighted by Gasteiger charge is 2.47. The molecule has 8 aromatic rings. The van der Waals surface area contributed by atoms with E-state index in [2.05, 4.69) is 216 Å². The number of hydrogen-bond acceptors (Lipinski definition) is 0. The van der Waals surface area contributed by atoms with Crippen molar-refractivity contribution >= 4 is 28.8 Å². The summed E-state index contributed by atoms with van der Waals surface area (Å²) >= 11 is 0. The Morgan fingerprint density at radius 2 is 0.812 bits per heavy atom. The monoisotopic (exact) mass is 632 g/mol. The van der Waals surface area contributed by atoms with Gasteiger partial charge in [-0.15, -0.1) is 0 Å². The number of para-hydroxylation sites is 2. The van der Waals surface area contributed by atoms with Crippen LogP contribution >= 0.6 is 0 Å². The lowest BCUT2D eigenvalue weighted by atomic mass is 10.1. The van der Waals surface area contributed by atoms with Crippen molar-refractivity contribution in [3.8, 4) is 34.0 Å². The van der Waals surface area contributed by atoms with E-state index < -0.39 is 8.07 Å². The van der Waals surface area contributed by atoms with Crippen molar-refractivity contribution in [3.05, 3.63) is 206 Å². The summed E-state index contributed by atoms with van der Waals surface area (Å²) in [5, 5.41) is 5.46. The average Bonchev–Trinajstić information content (AvgIpc) is 3.77. The molecule has 0 atom stereocenters. The predicted octanol–water partition coefficient (Wildman–Crippen LogP) is 8.29. The summed E-state index contributed by atoms with van der Waals surface area (Å²) in [7, 11) is -2.98. The maximum absolute atomic E-state index is 2.98. The molecule has 2 nitrogen and oxygen atoms in total. The molecule has 0 aliphatic carbocycles. The highest BCUT2D eigenvalue weighted by atomic mass is 28.3. The fourth-order valence-electron chi connectivity index (χ4n) is 7.55. The van der Waals surface area contributed by atoms with E-state index in [0.717, 1.165) is 17.1 Å². The van der Waals surface area contributed by atoms with Gasteiger partial charge in [0, 0.05) is 17.6 Å². The lowest BCUT2D eigenvalue weighted by molar-refractivity contribution is 1.03. The van der Waals surface area contributed by atoms with Crippen LogP contribution < -0.4 is 20.7 Å². The second-order valence-electron chi connectivity index (χ2n) is 12.2. The summed E-state index contributed by atoms with van der Waals surface area (Å²) in [5.74, 6) is 0. The van der Waals surface area contributed by atoms with Crippen molar-refractivity contribution in [2.24, 2.45) is 0 Å². The normalized spacial score (nSPS) is 11.4. The van der Waals surface area contributed by atoms with Gasteiger partial charge in [-0.1, -0.05) is 158 Å². The Balaban J connectivity index is 1.64. The fraction of sp³-hybridized carbons (Fsp3) is 0.0222. The second kappa shape index (κ2) is 12.7. The molecular formula is C45H36N2Si. The molecule has 3 heteroatoms. The van der Waals surface area contributed by atoms with Crippen LogP contribution in [0.15, 0.2) is 200 Å². The third-order valence-electron chi connectivity index (χ3n) is 9.50. The zero-order chi connectivity index (χ0) is 32.3. The Morgan fingerprint density at radius 3 is 1.29 bits per heavy atom. The van der Waals surface area contributed by atoms with Crippen LogP contribution in [0.3, 0.4) is 0 Å². The standard InChI is InChI=1S/C45H36N2Si/c1-35-43(36-21-8-2-9-22-36)47(38-25-12-4-13-26-38)44(42-33-20-34-46(42)37-23-10-3-11-24-37)45(35)48(39-27-14-5-15-28-39,40-29-16-6-17-30-40)41-31-18-7-19-32-41/h2-34H,1H3. The van der Waals surface area contributed by atoms with Crippen LogP contribution in [-0.4, -0.2) is 17.2 Å². The second-order valence-corrected chi connectivity index (χ2v) is 15.9. The summed E-state index contributed by atoms with van der Waals surface area (Å²) < 4.78 is 4.89. The Bertz CT molecular complexity index is 2160. The van der Waals surface area contributed by atoms with Gasteiger partial charge in [0.05, 0.1) is 17.1 Å². The molecule has 0 aliphatic rings. The van der Waals surface area contributed by atoms with Gasteiger partial charge < -0.3 is 9.13 Å². The van der Waals surface area contributed by atoms with Gasteiger partial charge in [0.1, 0.15) is 0 Å². The van der Waals surface area contributed by atoms with Crippen molar-refractivity contribution in [2.75, 3.05) is 0 Å². The van der Waals surface area contributed by atoms with Crippen molar-refractivity contribution in [3.63, 3.8) is 0 Å². The number of nitrogens with zero attached hydrogens (tertiary/aromatic N) is 2. The summed E-state index contributed by atoms with van der Waals surface area (Å²) in [4.78, 5) is 0. The topological polar surface area (TPSA) is 9.86 Å². The van der Waals surface area contributed by atoms with E-state index in [9.17, 15) is 0 Å². The SMILES string of the molecule is Cc1c([Si](c2ccccc2)(c2ccccc2)c2ccccc2)c(-c2cccn2-c2ccccc2)n(-c2ccccc2)c1-c1ccccc1. The Morgan fingerprint density at radius 1 is 0.396 bits per heavy atom. The summed E-state index contributed by atoms with van der Waals surface area (Å²) in [5.41, 5.74) is 8.35. The maximum Gasteiger partial charge on any atom is 0.182 e. The molecular weight excluding hydrogens is 597 g/mol. The van der Waals surface area contributed by atoms with Gasteiger partial charge in [-0.25, -0.2) is 0 Å². The van der Waals surface area contributed by atoms with Crippen LogP contribution in [0.4, 0.5) is 0 Å². The van der Waals surface area contributed by atoms with Gasteiger partial charge in [0.25, 0.3) is 0 Å². The zero-order valence-electron chi connectivity index (χ0n) is 26.9. The number of rotatable bonds is 8. The average molecular weight is 633 g/mol. The molecule has 0 radical (unpaired) electrons. The zero-order valence-corrected chi connectivity index (χ0v) is 27.9. The maximum atomic E-state index is 2.53. The first-order valence-corrected chi connectivity index (χ1v) is 18.5. The lowest BCUT2D eigenvalue weighted by Gasteiger charge is -2.35. The molecule has 230 valence electrons. The molecule has 2 aromatic heterocycles. The molecule has 0 spiro atoms. The Kier molecular flexibility index (Phi) is 7.81. The molecule has 48 heavy (non-hydrogen) atoms. The molecule has 0 unspecified atom stereocenters. The third-order valence-corrected chi connectivity index (χ3v) is 14.5.